The highest BCUT2D eigenvalue weighted by Gasteiger charge is 2.45. The number of hydrogen-bond acceptors (Lipinski definition) is 3. The van der Waals surface area contributed by atoms with Crippen molar-refractivity contribution in [2.24, 2.45) is 5.41 Å². The molecule has 0 spiro atoms. The highest BCUT2D eigenvalue weighted by Crippen LogP contribution is 2.31. The molecule has 0 aromatic rings. The molecule has 1 atom stereocenters. The molecule has 1 aliphatic heterocycles. The molecular weight excluding hydrogens is 270 g/mol. The van der Waals surface area contributed by atoms with Crippen LogP contribution in [0.15, 0.2) is 0 Å². The lowest BCUT2D eigenvalue weighted by molar-refractivity contribution is -0.150. The van der Waals surface area contributed by atoms with Gasteiger partial charge in [0.05, 0.1) is 11.0 Å². The first-order valence-corrected chi connectivity index (χ1v) is 7.50. The molecule has 1 rings (SSSR count). The van der Waals surface area contributed by atoms with Crippen LogP contribution in [0.3, 0.4) is 0 Å². The van der Waals surface area contributed by atoms with E-state index >= 15 is 0 Å². The van der Waals surface area contributed by atoms with Crippen molar-refractivity contribution in [2.45, 2.75) is 52.6 Å². The lowest BCUT2D eigenvalue weighted by Gasteiger charge is -2.41. The summed E-state index contributed by atoms with van der Waals surface area (Å²) in [5, 5.41) is 12.3. The molecule has 1 saturated heterocycles. The summed E-state index contributed by atoms with van der Waals surface area (Å²) < 4.78 is 0. The Hall–Kier alpha value is -1.30. The zero-order valence-electron chi connectivity index (χ0n) is 14.1. The van der Waals surface area contributed by atoms with Crippen molar-refractivity contribution in [3.05, 3.63) is 0 Å². The van der Waals surface area contributed by atoms with Crippen molar-refractivity contribution in [1.82, 2.24) is 15.1 Å². The Balaban J connectivity index is 2.82. The van der Waals surface area contributed by atoms with Crippen molar-refractivity contribution in [2.75, 3.05) is 26.7 Å². The average Bonchev–Trinajstić information content (AvgIpc) is 2.48. The van der Waals surface area contributed by atoms with Crippen LogP contribution in [0.4, 0.5) is 4.79 Å². The van der Waals surface area contributed by atoms with Crippen LogP contribution in [-0.2, 0) is 4.79 Å². The van der Waals surface area contributed by atoms with E-state index in [0.29, 0.717) is 6.54 Å². The highest BCUT2D eigenvalue weighted by molar-refractivity contribution is 5.80. The summed E-state index contributed by atoms with van der Waals surface area (Å²) in [4.78, 5) is 28.0. The van der Waals surface area contributed by atoms with Crippen LogP contribution in [0.1, 0.15) is 41.0 Å². The van der Waals surface area contributed by atoms with Crippen LogP contribution >= 0.6 is 0 Å². The molecule has 21 heavy (non-hydrogen) atoms. The quantitative estimate of drug-likeness (QED) is 0.830. The topological polar surface area (TPSA) is 72.9 Å². The number of hydrogen-bond donors (Lipinski definition) is 2. The van der Waals surface area contributed by atoms with Gasteiger partial charge in [-0.25, -0.2) is 4.79 Å². The molecule has 0 radical (unpaired) electrons. The summed E-state index contributed by atoms with van der Waals surface area (Å²) >= 11 is 0. The molecular formula is C15H29N3O3. The van der Waals surface area contributed by atoms with E-state index in [1.165, 1.54) is 0 Å². The van der Waals surface area contributed by atoms with Crippen LogP contribution < -0.4 is 5.32 Å². The molecule has 6 nitrogen and oxygen atoms in total. The lowest BCUT2D eigenvalue weighted by atomic mass is 9.74. The average molecular weight is 299 g/mol. The van der Waals surface area contributed by atoms with Crippen molar-refractivity contribution in [3.8, 4) is 0 Å². The van der Waals surface area contributed by atoms with Crippen LogP contribution in [-0.4, -0.2) is 65.2 Å². The molecule has 1 fully saturated rings. The molecule has 122 valence electrons. The van der Waals surface area contributed by atoms with E-state index in [9.17, 15) is 14.7 Å². The summed E-state index contributed by atoms with van der Waals surface area (Å²) in [6.45, 7) is 11.3. The van der Waals surface area contributed by atoms with Gasteiger partial charge in [-0.1, -0.05) is 0 Å². The minimum absolute atomic E-state index is 0.112. The summed E-state index contributed by atoms with van der Waals surface area (Å²) in [6.07, 6.45) is 0.928. The molecule has 1 unspecified atom stereocenters. The van der Waals surface area contributed by atoms with Gasteiger partial charge in [0.25, 0.3) is 0 Å². The van der Waals surface area contributed by atoms with E-state index in [2.05, 4.69) is 17.3 Å². The van der Waals surface area contributed by atoms with Crippen LogP contribution in [0.2, 0.25) is 0 Å². The second kappa shape index (κ2) is 6.22. The predicted molar refractivity (Wildman–Crippen MR) is 82.3 cm³/mol. The van der Waals surface area contributed by atoms with E-state index in [-0.39, 0.29) is 12.1 Å². The van der Waals surface area contributed by atoms with Gasteiger partial charge in [0.2, 0.25) is 0 Å². The standard InChI is InChI=1S/C15H29N3O3/c1-11-10-17(6)8-7-9-18(11)13(21)16-15(4,5)14(2,3)12(19)20/h11H,7-10H2,1-6H3,(H,16,21)(H,19,20). The Morgan fingerprint density at radius 3 is 2.29 bits per heavy atom. The van der Waals surface area contributed by atoms with Gasteiger partial charge in [-0.3, -0.25) is 4.79 Å². The van der Waals surface area contributed by atoms with Gasteiger partial charge in [-0.2, -0.15) is 0 Å². The fraction of sp³-hybridized carbons (Fsp3) is 0.867. The van der Waals surface area contributed by atoms with Gasteiger partial charge < -0.3 is 20.2 Å². The largest absolute Gasteiger partial charge is 0.481 e. The van der Waals surface area contributed by atoms with Gasteiger partial charge in [0.1, 0.15) is 0 Å². The first-order chi connectivity index (χ1) is 9.49. The maximum atomic E-state index is 12.6. The van der Waals surface area contributed by atoms with Gasteiger partial charge >= 0.3 is 12.0 Å². The smallest absolute Gasteiger partial charge is 0.318 e. The first kappa shape index (κ1) is 17.8. The summed E-state index contributed by atoms with van der Waals surface area (Å²) in [7, 11) is 2.05. The van der Waals surface area contributed by atoms with Gasteiger partial charge in [0, 0.05) is 19.1 Å². The summed E-state index contributed by atoms with van der Waals surface area (Å²) in [5.74, 6) is -0.920. The number of aliphatic carboxylic acids is 1. The monoisotopic (exact) mass is 299 g/mol. The number of carboxylic acids is 1. The van der Waals surface area contributed by atoms with Crippen molar-refractivity contribution in [1.29, 1.82) is 0 Å². The highest BCUT2D eigenvalue weighted by atomic mass is 16.4. The number of amides is 2. The molecule has 0 aromatic heterocycles. The molecule has 6 heteroatoms. The molecule has 2 amide bonds. The van der Waals surface area contributed by atoms with Crippen LogP contribution in [0.25, 0.3) is 0 Å². The number of nitrogens with one attached hydrogen (secondary N) is 1. The van der Waals surface area contributed by atoms with Crippen molar-refractivity contribution in [3.63, 3.8) is 0 Å². The minimum atomic E-state index is -1.05. The fourth-order valence-electron chi connectivity index (χ4n) is 2.44. The molecule has 0 aliphatic carbocycles. The Morgan fingerprint density at radius 2 is 1.76 bits per heavy atom. The first-order valence-electron chi connectivity index (χ1n) is 7.50. The van der Waals surface area contributed by atoms with E-state index in [1.807, 2.05) is 11.8 Å². The Bertz CT molecular complexity index is 407. The fourth-order valence-corrected chi connectivity index (χ4v) is 2.44. The van der Waals surface area contributed by atoms with Gasteiger partial charge in [-0.05, 0) is 54.6 Å². The third kappa shape index (κ3) is 3.87. The number of likely N-dealkylation sites (N-methyl/N-ethyl adjacent to an activating group) is 1. The van der Waals surface area contributed by atoms with E-state index in [1.54, 1.807) is 27.7 Å². The zero-order valence-corrected chi connectivity index (χ0v) is 14.1. The lowest BCUT2D eigenvalue weighted by Crippen LogP contribution is -2.60. The van der Waals surface area contributed by atoms with E-state index < -0.39 is 16.9 Å². The predicted octanol–water partition coefficient (Wildman–Crippen LogP) is 1.61. The van der Waals surface area contributed by atoms with Crippen molar-refractivity contribution >= 4 is 12.0 Å². The number of nitrogens with zero attached hydrogens (tertiary/aromatic N) is 2. The molecule has 2 N–H and O–H groups in total. The van der Waals surface area contributed by atoms with Crippen molar-refractivity contribution < 1.29 is 14.7 Å². The minimum Gasteiger partial charge on any atom is -0.481 e. The summed E-state index contributed by atoms with van der Waals surface area (Å²) in [6, 6.07) is -0.0710. The zero-order chi connectivity index (χ0) is 16.4. The SMILES string of the molecule is CC1CN(C)CCCN1C(=O)NC(C)(C)C(C)(C)C(=O)O. The third-order valence-corrected chi connectivity index (χ3v) is 4.82. The van der Waals surface area contributed by atoms with E-state index in [0.717, 1.165) is 19.5 Å². The van der Waals surface area contributed by atoms with Gasteiger partial charge in [-0.15, -0.1) is 0 Å². The molecule has 1 heterocycles. The summed E-state index contributed by atoms with van der Waals surface area (Å²) in [5.41, 5.74) is -1.89. The number of carboxylic acid groups (broad SMARTS) is 1. The van der Waals surface area contributed by atoms with Crippen LogP contribution in [0, 0.1) is 5.41 Å². The Morgan fingerprint density at radius 1 is 1.19 bits per heavy atom. The maximum Gasteiger partial charge on any atom is 0.318 e. The number of rotatable bonds is 3. The van der Waals surface area contributed by atoms with Gasteiger partial charge in [0.15, 0.2) is 0 Å². The Labute approximate surface area is 127 Å². The maximum absolute atomic E-state index is 12.6. The second-order valence-corrected chi connectivity index (χ2v) is 7.14. The molecule has 1 aliphatic rings. The molecule has 0 bridgehead atoms. The van der Waals surface area contributed by atoms with Crippen LogP contribution in [0.5, 0.6) is 0 Å². The number of carbonyl (C=O) groups excluding carboxylic acids is 1. The normalized spacial score (nSPS) is 21.8. The second-order valence-electron chi connectivity index (χ2n) is 7.14. The molecule has 0 aromatic carbocycles. The number of carbonyl (C=O) groups is 2. The van der Waals surface area contributed by atoms with E-state index in [4.69, 9.17) is 0 Å². The number of urea groups is 1. The third-order valence-electron chi connectivity index (χ3n) is 4.82. The molecule has 0 saturated carbocycles. The Kier molecular flexibility index (Phi) is 5.25.